The standard InChI is InChI=1S/C11H9Br2ClN2O/c1-2-9(14)10-15-11(17-16-10)7-4-3-6(12)5-8(7)13/h3-5,9H,2H2,1H3. The average molecular weight is 380 g/mol. The minimum absolute atomic E-state index is 0.207. The lowest BCUT2D eigenvalue weighted by Gasteiger charge is -1.99. The van der Waals surface area contributed by atoms with E-state index in [0.29, 0.717) is 11.7 Å². The van der Waals surface area contributed by atoms with Crippen molar-refractivity contribution in [3.63, 3.8) is 0 Å². The van der Waals surface area contributed by atoms with E-state index in [0.717, 1.165) is 20.9 Å². The Morgan fingerprint density at radius 2 is 2.18 bits per heavy atom. The molecular formula is C11H9Br2ClN2O. The summed E-state index contributed by atoms with van der Waals surface area (Å²) in [6.07, 6.45) is 0.766. The minimum atomic E-state index is -0.207. The van der Waals surface area contributed by atoms with Crippen LogP contribution in [0.5, 0.6) is 0 Å². The maximum atomic E-state index is 6.05. The van der Waals surface area contributed by atoms with Gasteiger partial charge in [-0.3, -0.25) is 0 Å². The van der Waals surface area contributed by atoms with E-state index in [4.69, 9.17) is 16.1 Å². The molecule has 0 saturated carbocycles. The fourth-order valence-corrected chi connectivity index (χ4v) is 2.62. The molecule has 17 heavy (non-hydrogen) atoms. The van der Waals surface area contributed by atoms with Crippen molar-refractivity contribution in [3.8, 4) is 11.5 Å². The second kappa shape index (κ2) is 5.50. The zero-order valence-electron chi connectivity index (χ0n) is 8.95. The van der Waals surface area contributed by atoms with Crippen LogP contribution < -0.4 is 0 Å². The summed E-state index contributed by atoms with van der Waals surface area (Å²) in [6.45, 7) is 1.98. The van der Waals surface area contributed by atoms with Crippen LogP contribution >= 0.6 is 43.5 Å². The first-order valence-corrected chi connectivity index (χ1v) is 7.07. The Bertz CT molecular complexity index is 530. The second-order valence-corrected chi connectivity index (χ2v) is 5.75. The summed E-state index contributed by atoms with van der Waals surface area (Å²) in [4.78, 5) is 4.29. The molecule has 0 saturated heterocycles. The molecule has 0 aliphatic heterocycles. The van der Waals surface area contributed by atoms with Crippen molar-refractivity contribution < 1.29 is 4.52 Å². The molecule has 0 aliphatic rings. The first kappa shape index (κ1) is 13.1. The van der Waals surface area contributed by atoms with Gasteiger partial charge in [-0.2, -0.15) is 4.98 Å². The largest absolute Gasteiger partial charge is 0.334 e. The van der Waals surface area contributed by atoms with Crippen molar-refractivity contribution in [2.45, 2.75) is 18.7 Å². The maximum absolute atomic E-state index is 6.05. The van der Waals surface area contributed by atoms with Gasteiger partial charge in [-0.05, 0) is 40.5 Å². The highest BCUT2D eigenvalue weighted by Crippen LogP contribution is 2.31. The van der Waals surface area contributed by atoms with Gasteiger partial charge in [0.05, 0.1) is 10.9 Å². The van der Waals surface area contributed by atoms with Crippen molar-refractivity contribution in [2.24, 2.45) is 0 Å². The van der Waals surface area contributed by atoms with Gasteiger partial charge in [-0.1, -0.05) is 28.0 Å². The number of alkyl halides is 1. The number of benzene rings is 1. The third-order valence-electron chi connectivity index (χ3n) is 2.24. The topological polar surface area (TPSA) is 38.9 Å². The number of hydrogen-bond donors (Lipinski definition) is 0. The molecule has 1 aromatic heterocycles. The summed E-state index contributed by atoms with van der Waals surface area (Å²) in [5, 5.41) is 3.67. The molecule has 2 rings (SSSR count). The van der Waals surface area contributed by atoms with Crippen LogP contribution in [-0.4, -0.2) is 10.1 Å². The molecule has 2 aromatic rings. The van der Waals surface area contributed by atoms with Crippen molar-refractivity contribution in [3.05, 3.63) is 33.0 Å². The second-order valence-electron chi connectivity index (χ2n) is 3.46. The molecule has 0 N–H and O–H groups in total. The summed E-state index contributed by atoms with van der Waals surface area (Å²) in [7, 11) is 0. The van der Waals surface area contributed by atoms with E-state index in [1.165, 1.54) is 0 Å². The molecule has 1 unspecified atom stereocenters. The number of nitrogens with zero attached hydrogens (tertiary/aromatic N) is 2. The Kier molecular flexibility index (Phi) is 4.22. The number of hydrogen-bond acceptors (Lipinski definition) is 3. The van der Waals surface area contributed by atoms with Gasteiger partial charge in [-0.25, -0.2) is 0 Å². The normalized spacial score (nSPS) is 12.7. The smallest absolute Gasteiger partial charge is 0.259 e. The Morgan fingerprint density at radius 1 is 1.41 bits per heavy atom. The molecular weight excluding hydrogens is 371 g/mol. The Morgan fingerprint density at radius 3 is 2.82 bits per heavy atom. The van der Waals surface area contributed by atoms with Crippen LogP contribution in [0.25, 0.3) is 11.5 Å². The van der Waals surface area contributed by atoms with Gasteiger partial charge >= 0.3 is 0 Å². The van der Waals surface area contributed by atoms with Gasteiger partial charge in [0, 0.05) is 8.95 Å². The monoisotopic (exact) mass is 378 g/mol. The van der Waals surface area contributed by atoms with E-state index in [2.05, 4.69) is 42.0 Å². The number of aromatic nitrogens is 2. The quantitative estimate of drug-likeness (QED) is 0.707. The van der Waals surface area contributed by atoms with E-state index < -0.39 is 0 Å². The van der Waals surface area contributed by atoms with Crippen molar-refractivity contribution in [1.82, 2.24) is 10.1 Å². The van der Waals surface area contributed by atoms with Crippen molar-refractivity contribution in [1.29, 1.82) is 0 Å². The van der Waals surface area contributed by atoms with Crippen LogP contribution in [-0.2, 0) is 0 Å². The fourth-order valence-electron chi connectivity index (χ4n) is 1.32. The SMILES string of the molecule is CCC(Cl)c1noc(-c2ccc(Br)cc2Br)n1. The van der Waals surface area contributed by atoms with E-state index in [-0.39, 0.29) is 5.38 Å². The maximum Gasteiger partial charge on any atom is 0.259 e. The Balaban J connectivity index is 2.37. The molecule has 1 heterocycles. The lowest BCUT2D eigenvalue weighted by molar-refractivity contribution is 0.421. The summed E-state index contributed by atoms with van der Waals surface area (Å²) < 4.78 is 7.08. The molecule has 0 aliphatic carbocycles. The predicted molar refractivity (Wildman–Crippen MR) is 74.0 cm³/mol. The van der Waals surface area contributed by atoms with Crippen LogP contribution in [0.15, 0.2) is 31.7 Å². The van der Waals surface area contributed by atoms with E-state index in [1.54, 1.807) is 0 Å². The third-order valence-corrected chi connectivity index (χ3v) is 3.89. The molecule has 1 atom stereocenters. The highest BCUT2D eigenvalue weighted by Gasteiger charge is 2.16. The van der Waals surface area contributed by atoms with Crippen LogP contribution in [0.4, 0.5) is 0 Å². The number of rotatable bonds is 3. The third kappa shape index (κ3) is 2.89. The van der Waals surface area contributed by atoms with Gasteiger partial charge in [0.25, 0.3) is 5.89 Å². The van der Waals surface area contributed by atoms with Crippen LogP contribution in [0.3, 0.4) is 0 Å². The summed E-state index contributed by atoms with van der Waals surface area (Å²) >= 11 is 12.9. The lowest BCUT2D eigenvalue weighted by atomic mass is 10.2. The molecule has 6 heteroatoms. The first-order chi connectivity index (χ1) is 8.11. The molecule has 0 radical (unpaired) electrons. The molecule has 0 spiro atoms. The first-order valence-electron chi connectivity index (χ1n) is 5.05. The molecule has 0 fully saturated rings. The highest BCUT2D eigenvalue weighted by atomic mass is 79.9. The Hall–Kier alpha value is -0.390. The Labute approximate surface area is 121 Å². The zero-order chi connectivity index (χ0) is 12.4. The number of halogens is 3. The van der Waals surface area contributed by atoms with E-state index >= 15 is 0 Å². The molecule has 1 aromatic carbocycles. The van der Waals surface area contributed by atoms with Crippen molar-refractivity contribution in [2.75, 3.05) is 0 Å². The summed E-state index contributed by atoms with van der Waals surface area (Å²) in [5.74, 6) is 0.998. The van der Waals surface area contributed by atoms with Gasteiger partial charge in [0.2, 0.25) is 0 Å². The molecule has 90 valence electrons. The van der Waals surface area contributed by atoms with E-state index in [9.17, 15) is 0 Å². The molecule has 3 nitrogen and oxygen atoms in total. The summed E-state index contributed by atoms with van der Waals surface area (Å²) in [6, 6.07) is 5.75. The average Bonchev–Trinajstić information content (AvgIpc) is 2.77. The lowest BCUT2D eigenvalue weighted by Crippen LogP contribution is -1.90. The van der Waals surface area contributed by atoms with Gasteiger partial charge in [0.1, 0.15) is 0 Å². The molecule has 0 bridgehead atoms. The minimum Gasteiger partial charge on any atom is -0.334 e. The summed E-state index contributed by atoms with van der Waals surface area (Å²) in [5.41, 5.74) is 0.854. The fraction of sp³-hybridized carbons (Fsp3) is 0.273. The molecule has 0 amide bonds. The van der Waals surface area contributed by atoms with Crippen LogP contribution in [0.1, 0.15) is 24.5 Å². The van der Waals surface area contributed by atoms with Gasteiger partial charge in [-0.15, -0.1) is 11.6 Å². The van der Waals surface area contributed by atoms with E-state index in [1.807, 2.05) is 25.1 Å². The van der Waals surface area contributed by atoms with Gasteiger partial charge in [0.15, 0.2) is 5.82 Å². The van der Waals surface area contributed by atoms with Crippen molar-refractivity contribution >= 4 is 43.5 Å². The van der Waals surface area contributed by atoms with Crippen LogP contribution in [0.2, 0.25) is 0 Å². The predicted octanol–water partition coefficient (Wildman–Crippen LogP) is 4.95. The highest BCUT2D eigenvalue weighted by molar-refractivity contribution is 9.11. The zero-order valence-corrected chi connectivity index (χ0v) is 12.9. The van der Waals surface area contributed by atoms with Crippen LogP contribution in [0, 0.1) is 0 Å². The van der Waals surface area contributed by atoms with Gasteiger partial charge < -0.3 is 4.52 Å².